The van der Waals surface area contributed by atoms with Gasteiger partial charge in [0.05, 0.1) is 0 Å². The van der Waals surface area contributed by atoms with Crippen molar-refractivity contribution in [1.29, 1.82) is 0 Å². The number of hydrogen-bond donors (Lipinski definition) is 0. The van der Waals surface area contributed by atoms with Gasteiger partial charge in [0, 0.05) is 55.2 Å². The predicted molar refractivity (Wildman–Crippen MR) is 115 cm³/mol. The summed E-state index contributed by atoms with van der Waals surface area (Å²) >= 11 is 0. The highest BCUT2D eigenvalue weighted by molar-refractivity contribution is 5.92. The van der Waals surface area contributed by atoms with E-state index in [0.717, 1.165) is 35.5 Å². The Bertz CT molecular complexity index is 917. The van der Waals surface area contributed by atoms with Crippen LogP contribution in [0.3, 0.4) is 0 Å². The Hall–Kier alpha value is -2.82. The largest absolute Gasteiger partial charge is 0.339 e. The maximum Gasteiger partial charge on any atom is 0.246 e. The molecule has 29 heavy (non-hydrogen) atoms. The first-order chi connectivity index (χ1) is 14.0. The summed E-state index contributed by atoms with van der Waals surface area (Å²) in [6.07, 6.45) is 6.81. The molecule has 5 nitrogen and oxygen atoms in total. The number of rotatable bonds is 4. The molecule has 4 rings (SSSR count). The SMILES string of the molecule is Cc1cc(/C=C/C(=O)N2CCN(C(=O)C3CCC3)CC2)c(C)n1-c1ccccc1. The summed E-state index contributed by atoms with van der Waals surface area (Å²) in [5.74, 6) is 0.537. The zero-order chi connectivity index (χ0) is 20.4. The molecule has 0 unspecified atom stereocenters. The van der Waals surface area contributed by atoms with Gasteiger partial charge in [-0.15, -0.1) is 0 Å². The van der Waals surface area contributed by atoms with Crippen molar-refractivity contribution in [2.45, 2.75) is 33.1 Å². The first kappa shape index (κ1) is 19.5. The van der Waals surface area contributed by atoms with Crippen LogP contribution in [0.1, 0.15) is 36.2 Å². The molecule has 1 aliphatic carbocycles. The van der Waals surface area contributed by atoms with Gasteiger partial charge in [0.25, 0.3) is 0 Å². The Morgan fingerprint density at radius 3 is 2.24 bits per heavy atom. The van der Waals surface area contributed by atoms with Gasteiger partial charge in [-0.25, -0.2) is 0 Å². The second kappa shape index (κ2) is 8.27. The molecule has 152 valence electrons. The lowest BCUT2D eigenvalue weighted by Gasteiger charge is -2.37. The third-order valence-electron chi connectivity index (χ3n) is 6.25. The fraction of sp³-hybridized carbons (Fsp3) is 0.417. The summed E-state index contributed by atoms with van der Waals surface area (Å²) in [6.45, 7) is 6.69. The highest BCUT2D eigenvalue weighted by atomic mass is 16.2. The number of hydrogen-bond acceptors (Lipinski definition) is 2. The van der Waals surface area contributed by atoms with Gasteiger partial charge in [-0.2, -0.15) is 0 Å². The maximum atomic E-state index is 12.7. The molecule has 0 N–H and O–H groups in total. The van der Waals surface area contributed by atoms with Gasteiger partial charge in [-0.3, -0.25) is 9.59 Å². The van der Waals surface area contributed by atoms with Gasteiger partial charge >= 0.3 is 0 Å². The number of aryl methyl sites for hydroxylation is 1. The Morgan fingerprint density at radius 2 is 1.62 bits per heavy atom. The zero-order valence-electron chi connectivity index (χ0n) is 17.3. The summed E-state index contributed by atoms with van der Waals surface area (Å²) in [7, 11) is 0. The van der Waals surface area contributed by atoms with Gasteiger partial charge in [0.2, 0.25) is 11.8 Å². The third kappa shape index (κ3) is 4.00. The molecule has 0 spiro atoms. The Morgan fingerprint density at radius 1 is 0.966 bits per heavy atom. The van der Waals surface area contributed by atoms with Crippen LogP contribution >= 0.6 is 0 Å². The monoisotopic (exact) mass is 391 g/mol. The summed E-state index contributed by atoms with van der Waals surface area (Å²) in [4.78, 5) is 28.8. The number of carbonyl (C=O) groups excluding carboxylic acids is 2. The van der Waals surface area contributed by atoms with Crippen LogP contribution in [-0.2, 0) is 9.59 Å². The van der Waals surface area contributed by atoms with Gasteiger partial charge in [-0.05, 0) is 56.5 Å². The first-order valence-corrected chi connectivity index (χ1v) is 10.5. The minimum absolute atomic E-state index is 0.0188. The highest BCUT2D eigenvalue weighted by Crippen LogP contribution is 2.28. The summed E-state index contributed by atoms with van der Waals surface area (Å²) in [6, 6.07) is 12.4. The first-order valence-electron chi connectivity index (χ1n) is 10.5. The van der Waals surface area contributed by atoms with E-state index >= 15 is 0 Å². The van der Waals surface area contributed by atoms with E-state index in [0.29, 0.717) is 26.2 Å². The van der Waals surface area contributed by atoms with Crippen molar-refractivity contribution in [2.75, 3.05) is 26.2 Å². The molecule has 2 fully saturated rings. The lowest BCUT2D eigenvalue weighted by molar-refractivity contribution is -0.142. The number of aromatic nitrogens is 1. The Balaban J connectivity index is 1.38. The minimum Gasteiger partial charge on any atom is -0.339 e. The molecule has 2 aliphatic rings. The van der Waals surface area contributed by atoms with Crippen LogP contribution in [0.4, 0.5) is 0 Å². The molecule has 5 heteroatoms. The Labute approximate surface area is 172 Å². The number of para-hydroxylation sites is 1. The Kier molecular flexibility index (Phi) is 5.56. The smallest absolute Gasteiger partial charge is 0.246 e. The van der Waals surface area contributed by atoms with Crippen molar-refractivity contribution in [1.82, 2.24) is 14.4 Å². The molecule has 0 atom stereocenters. The molecular formula is C24H29N3O2. The molecule has 1 aliphatic heterocycles. The van der Waals surface area contributed by atoms with Crippen LogP contribution < -0.4 is 0 Å². The number of amides is 2. The van der Waals surface area contributed by atoms with E-state index in [9.17, 15) is 9.59 Å². The quantitative estimate of drug-likeness (QED) is 0.748. The average molecular weight is 392 g/mol. The number of nitrogens with zero attached hydrogens (tertiary/aromatic N) is 3. The van der Waals surface area contributed by atoms with Gasteiger partial charge in [0.1, 0.15) is 0 Å². The number of carbonyl (C=O) groups is 2. The van der Waals surface area contributed by atoms with Crippen molar-refractivity contribution in [3.63, 3.8) is 0 Å². The van der Waals surface area contributed by atoms with Crippen LogP contribution in [-0.4, -0.2) is 52.4 Å². The molecule has 0 radical (unpaired) electrons. The molecule has 1 saturated carbocycles. The molecule has 1 aromatic carbocycles. The molecule has 0 bridgehead atoms. The van der Waals surface area contributed by atoms with Gasteiger partial charge < -0.3 is 14.4 Å². The van der Waals surface area contributed by atoms with E-state index in [1.807, 2.05) is 34.1 Å². The van der Waals surface area contributed by atoms with E-state index in [1.54, 1.807) is 6.08 Å². The maximum absolute atomic E-state index is 12.7. The van der Waals surface area contributed by atoms with Crippen molar-refractivity contribution >= 4 is 17.9 Å². The topological polar surface area (TPSA) is 45.6 Å². The normalized spacial score (nSPS) is 17.6. The second-order valence-corrected chi connectivity index (χ2v) is 8.11. The zero-order valence-corrected chi connectivity index (χ0v) is 17.3. The van der Waals surface area contributed by atoms with E-state index in [2.05, 4.69) is 36.6 Å². The van der Waals surface area contributed by atoms with Crippen LogP contribution in [0.2, 0.25) is 0 Å². The third-order valence-corrected chi connectivity index (χ3v) is 6.25. The summed E-state index contributed by atoms with van der Waals surface area (Å²) in [5, 5.41) is 0. The van der Waals surface area contributed by atoms with Crippen molar-refractivity contribution < 1.29 is 9.59 Å². The van der Waals surface area contributed by atoms with Crippen molar-refractivity contribution in [2.24, 2.45) is 5.92 Å². The number of benzene rings is 1. The van der Waals surface area contributed by atoms with Crippen molar-refractivity contribution in [3.8, 4) is 5.69 Å². The number of piperazine rings is 1. The standard InChI is InChI=1S/C24H29N3O2/c1-18-17-21(19(2)27(18)22-9-4-3-5-10-22)11-12-23(28)25-13-15-26(16-14-25)24(29)20-7-6-8-20/h3-5,9-12,17,20H,6-8,13-16H2,1-2H3/b12-11+. The highest BCUT2D eigenvalue weighted by Gasteiger charge is 2.31. The average Bonchev–Trinajstić information content (AvgIpc) is 2.98. The van der Waals surface area contributed by atoms with Crippen LogP contribution in [0.25, 0.3) is 11.8 Å². The second-order valence-electron chi connectivity index (χ2n) is 8.11. The fourth-order valence-corrected chi connectivity index (χ4v) is 4.26. The summed E-state index contributed by atoms with van der Waals surface area (Å²) < 4.78 is 2.20. The van der Waals surface area contributed by atoms with Gasteiger partial charge in [-0.1, -0.05) is 24.6 Å². The molecular weight excluding hydrogens is 362 g/mol. The van der Waals surface area contributed by atoms with Crippen LogP contribution in [0, 0.1) is 19.8 Å². The van der Waals surface area contributed by atoms with Gasteiger partial charge in [0.15, 0.2) is 0 Å². The van der Waals surface area contributed by atoms with E-state index in [1.165, 1.54) is 6.42 Å². The van der Waals surface area contributed by atoms with E-state index in [4.69, 9.17) is 0 Å². The lowest BCUT2D eigenvalue weighted by atomic mass is 9.84. The predicted octanol–water partition coefficient (Wildman–Crippen LogP) is 3.58. The van der Waals surface area contributed by atoms with E-state index in [-0.39, 0.29) is 17.7 Å². The lowest BCUT2D eigenvalue weighted by Crippen LogP contribution is -2.52. The fourth-order valence-electron chi connectivity index (χ4n) is 4.26. The van der Waals surface area contributed by atoms with Crippen LogP contribution in [0.15, 0.2) is 42.5 Å². The van der Waals surface area contributed by atoms with Crippen molar-refractivity contribution in [3.05, 3.63) is 59.4 Å². The molecule has 1 saturated heterocycles. The minimum atomic E-state index is 0.0188. The molecule has 1 aromatic heterocycles. The molecule has 2 heterocycles. The molecule has 2 aromatic rings. The van der Waals surface area contributed by atoms with Crippen LogP contribution in [0.5, 0.6) is 0 Å². The van der Waals surface area contributed by atoms with E-state index < -0.39 is 0 Å². The summed E-state index contributed by atoms with van der Waals surface area (Å²) in [5.41, 5.74) is 4.44. The molecule has 2 amide bonds.